The Kier molecular flexibility index (Phi) is 7.75. The van der Waals surface area contributed by atoms with Gasteiger partial charge in [-0.3, -0.25) is 4.79 Å². The smallest absolute Gasteiger partial charge is 0.263 e. The van der Waals surface area contributed by atoms with Gasteiger partial charge in [0.05, 0.1) is 17.1 Å². The molecule has 7 nitrogen and oxygen atoms in total. The Morgan fingerprint density at radius 3 is 2.25 bits per heavy atom. The van der Waals surface area contributed by atoms with Crippen molar-refractivity contribution in [2.45, 2.75) is 36.9 Å². The van der Waals surface area contributed by atoms with E-state index in [1.165, 1.54) is 12.1 Å². The summed E-state index contributed by atoms with van der Waals surface area (Å²) < 4.78 is 67.4. The molecular weight excluding hydrogens is 590 g/mol. The van der Waals surface area contributed by atoms with Crippen molar-refractivity contribution in [1.29, 1.82) is 0 Å². The van der Waals surface area contributed by atoms with Crippen molar-refractivity contribution >= 4 is 45.9 Å². The Morgan fingerprint density at radius 2 is 1.70 bits per heavy atom. The number of amides is 1. The molecule has 0 radical (unpaired) electrons. The second kappa shape index (κ2) is 11.0. The molecule has 5 rings (SSSR count). The first-order valence-electron chi connectivity index (χ1n) is 12.0. The maximum absolute atomic E-state index is 14.2. The molecule has 3 aromatic carbocycles. The van der Waals surface area contributed by atoms with Crippen LogP contribution in [0, 0.1) is 17.5 Å². The van der Waals surface area contributed by atoms with Crippen LogP contribution in [0.2, 0.25) is 10.0 Å². The van der Waals surface area contributed by atoms with Crippen molar-refractivity contribution in [3.8, 4) is 11.5 Å². The van der Waals surface area contributed by atoms with Crippen LogP contribution in [0.1, 0.15) is 47.5 Å². The molecule has 40 heavy (non-hydrogen) atoms. The number of benzene rings is 3. The third-order valence-electron chi connectivity index (χ3n) is 6.75. The molecule has 1 aliphatic carbocycles. The molecule has 4 aromatic rings. The molecule has 2 N–H and O–H groups in total. The van der Waals surface area contributed by atoms with E-state index in [2.05, 4.69) is 15.5 Å². The molecule has 1 amide bonds. The van der Waals surface area contributed by atoms with E-state index in [0.717, 1.165) is 0 Å². The molecule has 1 aliphatic rings. The quantitative estimate of drug-likeness (QED) is 0.208. The largest absolute Gasteiger partial charge is 0.334 e. The molecular formula is C27H20Cl2F3N3O4S. The van der Waals surface area contributed by atoms with Gasteiger partial charge >= 0.3 is 0 Å². The first kappa shape index (κ1) is 28.3. The Balaban J connectivity index is 1.33. The summed E-state index contributed by atoms with van der Waals surface area (Å²) in [6, 6.07) is 10.9. The number of anilines is 1. The van der Waals surface area contributed by atoms with Crippen LogP contribution in [0.25, 0.3) is 11.5 Å². The molecule has 0 bridgehead atoms. The molecule has 2 unspecified atom stereocenters. The standard InChI is InChI=1S/C27H20Cl2F3N3O4S/c1-13(40(37)38)15-4-2-14(3-5-15)8-22(36)33-17-11-18(28)24(19(29)12-17)27(6-7-27)26-34-25(39-35-26)23-20(31)9-16(30)10-21(23)32/h2-5,9-13H,6-8H2,1H3,(H,33,36)(H,37,38). The van der Waals surface area contributed by atoms with E-state index in [-0.39, 0.29) is 28.2 Å². The zero-order valence-electron chi connectivity index (χ0n) is 20.7. The highest BCUT2D eigenvalue weighted by atomic mass is 35.5. The van der Waals surface area contributed by atoms with E-state index >= 15 is 0 Å². The summed E-state index contributed by atoms with van der Waals surface area (Å²) in [4.78, 5) is 16.8. The summed E-state index contributed by atoms with van der Waals surface area (Å²) in [5.74, 6) is -4.10. The van der Waals surface area contributed by atoms with Gasteiger partial charge in [0.25, 0.3) is 5.89 Å². The van der Waals surface area contributed by atoms with Crippen molar-refractivity contribution in [2.75, 3.05) is 5.32 Å². The fourth-order valence-corrected chi connectivity index (χ4v) is 5.73. The molecule has 208 valence electrons. The lowest BCUT2D eigenvalue weighted by Gasteiger charge is -2.17. The van der Waals surface area contributed by atoms with Gasteiger partial charge in [0.15, 0.2) is 16.9 Å². The average Bonchev–Trinajstić information content (AvgIpc) is 3.51. The summed E-state index contributed by atoms with van der Waals surface area (Å²) in [6.07, 6.45) is 1.11. The Bertz CT molecular complexity index is 1600. The average molecular weight is 610 g/mol. The summed E-state index contributed by atoms with van der Waals surface area (Å²) in [5.41, 5.74) is 0.707. The number of nitrogens with one attached hydrogen (secondary N) is 1. The van der Waals surface area contributed by atoms with Gasteiger partial charge in [0.1, 0.15) is 23.0 Å². The van der Waals surface area contributed by atoms with Crippen LogP contribution in [0.4, 0.5) is 18.9 Å². The molecule has 0 spiro atoms. The van der Waals surface area contributed by atoms with Gasteiger partial charge in [-0.25, -0.2) is 17.4 Å². The van der Waals surface area contributed by atoms with Crippen molar-refractivity contribution < 1.29 is 31.3 Å². The predicted octanol–water partition coefficient (Wildman–Crippen LogP) is 7.00. The second-order valence-electron chi connectivity index (χ2n) is 9.45. The lowest BCUT2D eigenvalue weighted by Crippen LogP contribution is -2.16. The summed E-state index contributed by atoms with van der Waals surface area (Å²) in [5, 5.41) is 6.55. The number of carbonyl (C=O) groups is 1. The molecule has 1 heterocycles. The van der Waals surface area contributed by atoms with E-state index in [1.54, 1.807) is 31.2 Å². The Morgan fingerprint density at radius 1 is 1.10 bits per heavy atom. The molecule has 0 aliphatic heterocycles. The highest BCUT2D eigenvalue weighted by Gasteiger charge is 2.52. The van der Waals surface area contributed by atoms with E-state index in [0.29, 0.717) is 47.4 Å². The van der Waals surface area contributed by atoms with Gasteiger partial charge in [0.2, 0.25) is 5.91 Å². The first-order valence-corrected chi connectivity index (χ1v) is 13.9. The van der Waals surface area contributed by atoms with Crippen molar-refractivity contribution in [1.82, 2.24) is 10.1 Å². The molecule has 2 atom stereocenters. The van der Waals surface area contributed by atoms with Crippen molar-refractivity contribution in [3.63, 3.8) is 0 Å². The van der Waals surface area contributed by atoms with Gasteiger partial charge < -0.3 is 14.4 Å². The van der Waals surface area contributed by atoms with Crippen molar-refractivity contribution in [3.05, 3.63) is 98.5 Å². The van der Waals surface area contributed by atoms with Gasteiger partial charge in [-0.05, 0) is 43.0 Å². The lowest BCUT2D eigenvalue weighted by molar-refractivity contribution is -0.115. The van der Waals surface area contributed by atoms with E-state index in [1.807, 2.05) is 0 Å². The predicted molar refractivity (Wildman–Crippen MR) is 144 cm³/mol. The Hall–Kier alpha value is -3.25. The van der Waals surface area contributed by atoms with Crippen LogP contribution < -0.4 is 5.32 Å². The maximum atomic E-state index is 14.2. The number of halogens is 5. The number of rotatable bonds is 8. The van der Waals surface area contributed by atoms with Crippen LogP contribution in [0.5, 0.6) is 0 Å². The fourth-order valence-electron chi connectivity index (χ4n) is 4.49. The minimum absolute atomic E-state index is 0.0416. The minimum atomic E-state index is -2.00. The summed E-state index contributed by atoms with van der Waals surface area (Å²) in [6.45, 7) is 1.63. The van der Waals surface area contributed by atoms with Gasteiger partial charge in [-0.1, -0.05) is 52.6 Å². The Labute approximate surface area is 239 Å². The monoisotopic (exact) mass is 609 g/mol. The highest BCUT2D eigenvalue weighted by molar-refractivity contribution is 7.79. The molecule has 1 aromatic heterocycles. The molecule has 1 fully saturated rings. The molecule has 13 heteroatoms. The third-order valence-corrected chi connectivity index (χ3v) is 8.22. The normalized spacial score (nSPS) is 15.5. The number of nitrogens with zero attached hydrogens (tertiary/aromatic N) is 2. The van der Waals surface area contributed by atoms with E-state index in [9.17, 15) is 26.7 Å². The lowest BCUT2D eigenvalue weighted by atomic mass is 9.94. The van der Waals surface area contributed by atoms with Gasteiger partial charge in [-0.2, -0.15) is 4.98 Å². The second-order valence-corrected chi connectivity index (χ2v) is 11.5. The van der Waals surface area contributed by atoms with Crippen molar-refractivity contribution in [2.24, 2.45) is 0 Å². The van der Waals surface area contributed by atoms with E-state index in [4.69, 9.17) is 27.7 Å². The van der Waals surface area contributed by atoms with Crippen LogP contribution >= 0.6 is 23.2 Å². The number of carbonyl (C=O) groups excluding carboxylic acids is 1. The van der Waals surface area contributed by atoms with Crippen LogP contribution in [-0.2, 0) is 27.7 Å². The topological polar surface area (TPSA) is 105 Å². The van der Waals surface area contributed by atoms with Crippen LogP contribution in [0.15, 0.2) is 53.1 Å². The van der Waals surface area contributed by atoms with E-state index < -0.39 is 50.7 Å². The fraction of sp³-hybridized carbons (Fsp3) is 0.222. The van der Waals surface area contributed by atoms with Crippen LogP contribution in [0.3, 0.4) is 0 Å². The van der Waals surface area contributed by atoms with Crippen LogP contribution in [-0.4, -0.2) is 24.8 Å². The first-order chi connectivity index (χ1) is 19.0. The summed E-state index contributed by atoms with van der Waals surface area (Å²) >= 11 is 11.2. The zero-order valence-corrected chi connectivity index (χ0v) is 23.0. The number of aromatic nitrogens is 2. The summed E-state index contributed by atoms with van der Waals surface area (Å²) in [7, 11) is 0. The molecule has 1 saturated carbocycles. The number of hydrogen-bond donors (Lipinski definition) is 2. The maximum Gasteiger partial charge on any atom is 0.263 e. The van der Waals surface area contributed by atoms with Gasteiger partial charge in [-0.15, -0.1) is 0 Å². The minimum Gasteiger partial charge on any atom is -0.334 e. The highest BCUT2D eigenvalue weighted by Crippen LogP contribution is 2.57. The third kappa shape index (κ3) is 5.51. The zero-order chi connectivity index (χ0) is 28.8. The molecule has 0 saturated heterocycles. The van der Waals surface area contributed by atoms with Gasteiger partial charge in [0, 0.05) is 33.4 Å². The SMILES string of the molecule is CC(c1ccc(CC(=O)Nc2cc(Cl)c(C3(c4noc(-c5c(F)cc(F)cc5F)n4)CC3)c(Cl)c2)cc1)S(=O)O. The number of hydrogen-bond acceptors (Lipinski definition) is 5.